The number of rotatable bonds is 3. The Morgan fingerprint density at radius 3 is 3.11 bits per heavy atom. The summed E-state index contributed by atoms with van der Waals surface area (Å²) in [7, 11) is 1.78. The van der Waals surface area contributed by atoms with Crippen LogP contribution in [-0.4, -0.2) is 24.5 Å². The molecule has 0 saturated heterocycles. The SMILES string of the molecule is CCOc1cnc(-c2ccc3c(c2)CC(=O)N3C)o1. The predicted molar refractivity (Wildman–Crippen MR) is 70.2 cm³/mol. The lowest BCUT2D eigenvalue weighted by atomic mass is 10.1. The minimum Gasteiger partial charge on any atom is -0.464 e. The van der Waals surface area contributed by atoms with E-state index in [2.05, 4.69) is 4.98 Å². The number of nitrogens with zero attached hydrogens (tertiary/aromatic N) is 2. The Morgan fingerprint density at radius 2 is 2.32 bits per heavy atom. The summed E-state index contributed by atoms with van der Waals surface area (Å²) < 4.78 is 10.7. The Hall–Kier alpha value is -2.30. The average molecular weight is 258 g/mol. The second-order valence-electron chi connectivity index (χ2n) is 4.39. The van der Waals surface area contributed by atoms with Gasteiger partial charge in [0.1, 0.15) is 6.20 Å². The number of likely N-dealkylation sites (N-methyl/N-ethyl adjacent to an activating group) is 1. The zero-order valence-electron chi connectivity index (χ0n) is 10.8. The number of hydrogen-bond acceptors (Lipinski definition) is 4. The number of aromatic nitrogens is 1. The molecule has 5 nitrogen and oxygen atoms in total. The van der Waals surface area contributed by atoms with Gasteiger partial charge < -0.3 is 14.1 Å². The molecule has 0 N–H and O–H groups in total. The summed E-state index contributed by atoms with van der Waals surface area (Å²) in [5, 5.41) is 0. The Bertz CT molecular complexity index is 633. The molecular formula is C14H14N2O3. The molecule has 0 saturated carbocycles. The van der Waals surface area contributed by atoms with E-state index in [9.17, 15) is 4.79 Å². The van der Waals surface area contributed by atoms with E-state index in [1.807, 2.05) is 25.1 Å². The van der Waals surface area contributed by atoms with Gasteiger partial charge in [0.2, 0.25) is 11.8 Å². The first-order chi connectivity index (χ1) is 9.19. The number of fused-ring (bicyclic) bond motifs is 1. The van der Waals surface area contributed by atoms with Crippen molar-refractivity contribution >= 4 is 11.6 Å². The van der Waals surface area contributed by atoms with Crippen LogP contribution < -0.4 is 9.64 Å². The maximum absolute atomic E-state index is 11.6. The minimum atomic E-state index is 0.106. The molecule has 1 aliphatic rings. The minimum absolute atomic E-state index is 0.106. The monoisotopic (exact) mass is 258 g/mol. The molecule has 0 radical (unpaired) electrons. The van der Waals surface area contributed by atoms with Crippen LogP contribution in [0.4, 0.5) is 5.69 Å². The molecule has 0 aliphatic carbocycles. The summed E-state index contributed by atoms with van der Waals surface area (Å²) in [4.78, 5) is 17.5. The smallest absolute Gasteiger partial charge is 0.305 e. The maximum Gasteiger partial charge on any atom is 0.305 e. The third-order valence-corrected chi connectivity index (χ3v) is 3.17. The molecule has 1 aromatic carbocycles. The number of hydrogen-bond donors (Lipinski definition) is 0. The van der Waals surface area contributed by atoms with E-state index in [0.717, 1.165) is 16.8 Å². The van der Waals surface area contributed by atoms with Crippen molar-refractivity contribution in [2.45, 2.75) is 13.3 Å². The largest absolute Gasteiger partial charge is 0.464 e. The molecule has 3 rings (SSSR count). The van der Waals surface area contributed by atoms with Gasteiger partial charge in [-0.15, -0.1) is 0 Å². The van der Waals surface area contributed by atoms with Crippen molar-refractivity contribution in [1.82, 2.24) is 4.98 Å². The molecule has 2 aromatic rings. The van der Waals surface area contributed by atoms with Crippen LogP contribution in [-0.2, 0) is 11.2 Å². The molecule has 0 unspecified atom stereocenters. The fraction of sp³-hybridized carbons (Fsp3) is 0.286. The fourth-order valence-electron chi connectivity index (χ4n) is 2.20. The molecule has 0 fully saturated rings. The molecule has 0 spiro atoms. The highest BCUT2D eigenvalue weighted by Crippen LogP contribution is 2.32. The number of carbonyl (C=O) groups excluding carboxylic acids is 1. The van der Waals surface area contributed by atoms with Gasteiger partial charge in [-0.25, -0.2) is 4.98 Å². The van der Waals surface area contributed by atoms with Gasteiger partial charge >= 0.3 is 5.95 Å². The Morgan fingerprint density at radius 1 is 1.47 bits per heavy atom. The topological polar surface area (TPSA) is 55.6 Å². The predicted octanol–water partition coefficient (Wildman–Crippen LogP) is 2.26. The van der Waals surface area contributed by atoms with Crippen LogP contribution in [0.1, 0.15) is 12.5 Å². The third-order valence-electron chi connectivity index (χ3n) is 3.17. The highest BCUT2D eigenvalue weighted by atomic mass is 16.6. The first-order valence-electron chi connectivity index (χ1n) is 6.17. The highest BCUT2D eigenvalue weighted by molar-refractivity contribution is 6.01. The second-order valence-corrected chi connectivity index (χ2v) is 4.39. The lowest BCUT2D eigenvalue weighted by Crippen LogP contribution is -2.20. The standard InChI is InChI=1S/C14H14N2O3/c1-3-18-13-8-15-14(19-13)9-4-5-11-10(6-9)7-12(17)16(11)2/h4-6,8H,3,7H2,1-2H3. The molecule has 5 heteroatoms. The zero-order valence-corrected chi connectivity index (χ0v) is 10.8. The van der Waals surface area contributed by atoms with Crippen LogP contribution in [0.2, 0.25) is 0 Å². The number of carbonyl (C=O) groups is 1. The quantitative estimate of drug-likeness (QED) is 0.847. The van der Waals surface area contributed by atoms with Crippen molar-refractivity contribution in [3.8, 4) is 17.4 Å². The highest BCUT2D eigenvalue weighted by Gasteiger charge is 2.24. The van der Waals surface area contributed by atoms with E-state index in [1.165, 1.54) is 0 Å². The normalized spacial score (nSPS) is 13.8. The van der Waals surface area contributed by atoms with E-state index < -0.39 is 0 Å². The molecule has 0 atom stereocenters. The summed E-state index contributed by atoms with van der Waals surface area (Å²) in [5.41, 5.74) is 2.80. The van der Waals surface area contributed by atoms with E-state index in [1.54, 1.807) is 18.1 Å². The summed E-state index contributed by atoms with van der Waals surface area (Å²) in [6.07, 6.45) is 1.99. The van der Waals surface area contributed by atoms with Crippen LogP contribution >= 0.6 is 0 Å². The van der Waals surface area contributed by atoms with Crippen LogP contribution in [0.5, 0.6) is 5.95 Å². The summed E-state index contributed by atoms with van der Waals surface area (Å²) in [6.45, 7) is 2.43. The van der Waals surface area contributed by atoms with E-state index in [4.69, 9.17) is 9.15 Å². The van der Waals surface area contributed by atoms with Crippen LogP contribution in [0.15, 0.2) is 28.8 Å². The number of amides is 1. The molecule has 98 valence electrons. The summed E-state index contributed by atoms with van der Waals surface area (Å²) in [6, 6.07) is 5.76. The van der Waals surface area contributed by atoms with Crippen molar-refractivity contribution in [3.63, 3.8) is 0 Å². The van der Waals surface area contributed by atoms with Gasteiger partial charge in [-0.3, -0.25) is 4.79 Å². The summed E-state index contributed by atoms with van der Waals surface area (Å²) >= 11 is 0. The first kappa shape index (κ1) is 11.8. The molecule has 1 amide bonds. The van der Waals surface area contributed by atoms with Gasteiger partial charge in [0.25, 0.3) is 0 Å². The van der Waals surface area contributed by atoms with Crippen molar-refractivity contribution in [3.05, 3.63) is 30.0 Å². The van der Waals surface area contributed by atoms with Gasteiger partial charge in [-0.05, 0) is 30.7 Å². The second kappa shape index (κ2) is 4.42. The fourth-order valence-corrected chi connectivity index (χ4v) is 2.20. The van der Waals surface area contributed by atoms with Crippen molar-refractivity contribution in [2.75, 3.05) is 18.6 Å². The van der Waals surface area contributed by atoms with Gasteiger partial charge in [0.05, 0.1) is 13.0 Å². The summed E-state index contributed by atoms with van der Waals surface area (Å²) in [5.74, 6) is 1.02. The van der Waals surface area contributed by atoms with Crippen LogP contribution in [0, 0.1) is 0 Å². The Balaban J connectivity index is 1.94. The third kappa shape index (κ3) is 1.97. The average Bonchev–Trinajstić information content (AvgIpc) is 2.96. The molecule has 0 bridgehead atoms. The van der Waals surface area contributed by atoms with Gasteiger partial charge in [-0.1, -0.05) is 0 Å². The maximum atomic E-state index is 11.6. The zero-order chi connectivity index (χ0) is 13.4. The van der Waals surface area contributed by atoms with E-state index in [-0.39, 0.29) is 5.91 Å². The first-order valence-corrected chi connectivity index (χ1v) is 6.17. The lowest BCUT2D eigenvalue weighted by molar-refractivity contribution is -0.117. The molecular weight excluding hydrogens is 244 g/mol. The van der Waals surface area contributed by atoms with Gasteiger partial charge in [-0.2, -0.15) is 0 Å². The van der Waals surface area contributed by atoms with Crippen molar-refractivity contribution in [1.29, 1.82) is 0 Å². The van der Waals surface area contributed by atoms with E-state index >= 15 is 0 Å². The van der Waals surface area contributed by atoms with Gasteiger partial charge in [0, 0.05) is 18.3 Å². The molecule has 19 heavy (non-hydrogen) atoms. The van der Waals surface area contributed by atoms with Crippen molar-refractivity contribution in [2.24, 2.45) is 0 Å². The molecule has 1 aromatic heterocycles. The van der Waals surface area contributed by atoms with Crippen LogP contribution in [0.3, 0.4) is 0 Å². The molecule has 2 heterocycles. The van der Waals surface area contributed by atoms with E-state index in [0.29, 0.717) is 24.9 Å². The van der Waals surface area contributed by atoms with Crippen molar-refractivity contribution < 1.29 is 13.9 Å². The van der Waals surface area contributed by atoms with Crippen LogP contribution in [0.25, 0.3) is 11.5 Å². The van der Waals surface area contributed by atoms with Gasteiger partial charge in [0.15, 0.2) is 0 Å². The lowest BCUT2D eigenvalue weighted by Gasteiger charge is -2.09. The Kier molecular flexibility index (Phi) is 2.74. The molecule has 1 aliphatic heterocycles. The number of ether oxygens (including phenoxy) is 1. The number of benzene rings is 1. The number of oxazole rings is 1. The number of anilines is 1. The Labute approximate surface area is 110 Å².